The molecule has 2 atom stereocenters. The Morgan fingerprint density at radius 1 is 0.868 bits per heavy atom. The second-order valence-electron chi connectivity index (χ2n) is 8.72. The molecular formula is C28H23F2N3O5. The number of benzene rings is 3. The van der Waals surface area contributed by atoms with Crippen LogP contribution in [0.25, 0.3) is 10.9 Å². The molecule has 5 rings (SSSR count). The van der Waals surface area contributed by atoms with Crippen LogP contribution in [-0.2, 0) is 9.59 Å². The molecule has 2 amide bonds. The predicted octanol–water partition coefficient (Wildman–Crippen LogP) is 5.49. The summed E-state index contributed by atoms with van der Waals surface area (Å²) < 4.78 is 44.2. The van der Waals surface area contributed by atoms with E-state index in [0.29, 0.717) is 39.6 Å². The van der Waals surface area contributed by atoms with Gasteiger partial charge in [-0.3, -0.25) is 14.6 Å². The number of fused-ring (bicyclic) bond motifs is 1. The van der Waals surface area contributed by atoms with Crippen LogP contribution in [-0.4, -0.2) is 37.2 Å². The second kappa shape index (κ2) is 9.97. The number of aromatic nitrogens is 1. The van der Waals surface area contributed by atoms with E-state index in [1.807, 2.05) is 0 Å². The maximum atomic E-state index is 14.3. The maximum Gasteiger partial charge on any atom is 0.243 e. The van der Waals surface area contributed by atoms with Gasteiger partial charge in [0.05, 0.1) is 19.7 Å². The van der Waals surface area contributed by atoms with Gasteiger partial charge >= 0.3 is 0 Å². The van der Waals surface area contributed by atoms with Crippen molar-refractivity contribution in [3.05, 3.63) is 78.7 Å². The first-order valence-corrected chi connectivity index (χ1v) is 11.7. The summed E-state index contributed by atoms with van der Waals surface area (Å²) in [6.07, 6.45) is -0.255. The Bertz CT molecular complexity index is 1510. The molecule has 8 nitrogen and oxygen atoms in total. The van der Waals surface area contributed by atoms with Gasteiger partial charge in [0, 0.05) is 35.4 Å². The number of hydrogen-bond acceptors (Lipinski definition) is 6. The summed E-state index contributed by atoms with van der Waals surface area (Å²) in [5.41, 5.74) is -0.566. The standard InChI is InChI=1S/C28H23F2N3O5/c1-36-23-13-20-21(14-24(23)37-2)31-12-11-22(20)38-19-9-7-18(8-10-19)33-27(35)28(15-25(28)30)26(34)32-17-5-3-16(29)4-6-17/h3-14,25H,15H2,1-2H3,(H,32,34)(H,33,35)/t25-,28-/m1/s1. The van der Waals surface area contributed by atoms with Crippen LogP contribution >= 0.6 is 0 Å². The number of amides is 2. The van der Waals surface area contributed by atoms with Gasteiger partial charge in [0.25, 0.3) is 0 Å². The zero-order valence-electron chi connectivity index (χ0n) is 20.5. The third kappa shape index (κ3) is 4.68. The zero-order chi connectivity index (χ0) is 26.9. The van der Waals surface area contributed by atoms with Gasteiger partial charge in [-0.15, -0.1) is 0 Å². The van der Waals surface area contributed by atoms with Crippen molar-refractivity contribution in [2.24, 2.45) is 5.41 Å². The number of nitrogens with zero attached hydrogens (tertiary/aromatic N) is 1. The van der Waals surface area contributed by atoms with Gasteiger partial charge in [-0.25, -0.2) is 8.78 Å². The Labute approximate surface area is 216 Å². The molecule has 4 aromatic rings. The molecule has 0 radical (unpaired) electrons. The molecule has 1 aliphatic rings. The third-order valence-corrected chi connectivity index (χ3v) is 6.34. The number of alkyl halides is 1. The Kier molecular flexibility index (Phi) is 6.54. The average molecular weight is 520 g/mol. The summed E-state index contributed by atoms with van der Waals surface area (Å²) >= 11 is 0. The summed E-state index contributed by atoms with van der Waals surface area (Å²) in [4.78, 5) is 30.0. The summed E-state index contributed by atoms with van der Waals surface area (Å²) in [6.45, 7) is 0. The molecular weight excluding hydrogens is 496 g/mol. The molecule has 2 N–H and O–H groups in total. The number of hydrogen-bond donors (Lipinski definition) is 2. The summed E-state index contributed by atoms with van der Waals surface area (Å²) in [5, 5.41) is 5.80. The topological polar surface area (TPSA) is 98.8 Å². The highest BCUT2D eigenvalue weighted by molar-refractivity contribution is 6.18. The fraction of sp³-hybridized carbons (Fsp3) is 0.179. The summed E-state index contributed by atoms with van der Waals surface area (Å²) in [5.74, 6) is 0.0470. The lowest BCUT2D eigenvalue weighted by Crippen LogP contribution is -2.37. The molecule has 0 unspecified atom stereocenters. The molecule has 0 aliphatic heterocycles. The molecule has 10 heteroatoms. The molecule has 1 saturated carbocycles. The summed E-state index contributed by atoms with van der Waals surface area (Å²) in [6, 6.07) is 16.7. The Morgan fingerprint density at radius 2 is 1.42 bits per heavy atom. The highest BCUT2D eigenvalue weighted by Crippen LogP contribution is 2.50. The first-order chi connectivity index (χ1) is 18.3. The van der Waals surface area contributed by atoms with E-state index in [1.165, 1.54) is 19.2 Å². The molecule has 1 fully saturated rings. The number of halogens is 2. The number of carbonyl (C=O) groups is 2. The van der Waals surface area contributed by atoms with Crippen molar-refractivity contribution in [1.82, 2.24) is 4.98 Å². The monoisotopic (exact) mass is 519 g/mol. The van der Waals surface area contributed by atoms with Crippen LogP contribution in [0.5, 0.6) is 23.0 Å². The van der Waals surface area contributed by atoms with Crippen LogP contribution < -0.4 is 24.8 Å². The second-order valence-corrected chi connectivity index (χ2v) is 8.72. The van der Waals surface area contributed by atoms with Crippen LogP contribution in [0.1, 0.15) is 6.42 Å². The van der Waals surface area contributed by atoms with Crippen LogP contribution in [0.15, 0.2) is 72.9 Å². The van der Waals surface area contributed by atoms with Gasteiger partial charge in [0.1, 0.15) is 23.5 Å². The number of rotatable bonds is 8. The third-order valence-electron chi connectivity index (χ3n) is 6.34. The van der Waals surface area contributed by atoms with E-state index in [-0.39, 0.29) is 12.1 Å². The van der Waals surface area contributed by atoms with Gasteiger partial charge < -0.3 is 24.8 Å². The molecule has 0 spiro atoms. The number of methoxy groups -OCH3 is 2. The number of anilines is 2. The quantitative estimate of drug-likeness (QED) is 0.299. The van der Waals surface area contributed by atoms with Crippen molar-refractivity contribution in [2.45, 2.75) is 12.6 Å². The summed E-state index contributed by atoms with van der Waals surface area (Å²) in [7, 11) is 3.08. The van der Waals surface area contributed by atoms with Crippen molar-refractivity contribution in [1.29, 1.82) is 0 Å². The minimum atomic E-state index is -1.85. The predicted molar refractivity (Wildman–Crippen MR) is 137 cm³/mol. The van der Waals surface area contributed by atoms with E-state index < -0.39 is 29.2 Å². The average Bonchev–Trinajstić information content (AvgIpc) is 3.62. The largest absolute Gasteiger partial charge is 0.493 e. The van der Waals surface area contributed by atoms with E-state index in [1.54, 1.807) is 55.8 Å². The molecule has 3 aromatic carbocycles. The fourth-order valence-electron chi connectivity index (χ4n) is 4.08. The van der Waals surface area contributed by atoms with E-state index in [0.717, 1.165) is 12.1 Å². The molecule has 1 aromatic heterocycles. The van der Waals surface area contributed by atoms with E-state index >= 15 is 0 Å². The van der Waals surface area contributed by atoms with Gasteiger partial charge in [-0.2, -0.15) is 0 Å². The van der Waals surface area contributed by atoms with Crippen LogP contribution in [0.4, 0.5) is 20.2 Å². The number of ether oxygens (including phenoxy) is 3. The van der Waals surface area contributed by atoms with Gasteiger partial charge in [0.2, 0.25) is 11.8 Å². The van der Waals surface area contributed by atoms with Gasteiger partial charge in [-0.05, 0) is 60.7 Å². The van der Waals surface area contributed by atoms with Crippen molar-refractivity contribution in [3.8, 4) is 23.0 Å². The molecule has 1 heterocycles. The number of nitrogens with one attached hydrogen (secondary N) is 2. The maximum absolute atomic E-state index is 14.3. The van der Waals surface area contributed by atoms with Crippen molar-refractivity contribution >= 4 is 34.1 Å². The van der Waals surface area contributed by atoms with Gasteiger partial charge in [0.15, 0.2) is 16.9 Å². The number of carbonyl (C=O) groups excluding carboxylic acids is 2. The smallest absolute Gasteiger partial charge is 0.243 e. The van der Waals surface area contributed by atoms with E-state index in [9.17, 15) is 18.4 Å². The fourth-order valence-corrected chi connectivity index (χ4v) is 4.08. The highest BCUT2D eigenvalue weighted by Gasteiger charge is 2.67. The first kappa shape index (κ1) is 24.9. The highest BCUT2D eigenvalue weighted by atomic mass is 19.1. The lowest BCUT2D eigenvalue weighted by atomic mass is 10.0. The lowest BCUT2D eigenvalue weighted by molar-refractivity contribution is -0.132. The Morgan fingerprint density at radius 3 is 1.97 bits per heavy atom. The van der Waals surface area contributed by atoms with Crippen molar-refractivity contribution in [2.75, 3.05) is 24.9 Å². The van der Waals surface area contributed by atoms with E-state index in [2.05, 4.69) is 15.6 Å². The van der Waals surface area contributed by atoms with Crippen molar-refractivity contribution in [3.63, 3.8) is 0 Å². The molecule has 0 bridgehead atoms. The minimum Gasteiger partial charge on any atom is -0.493 e. The Balaban J connectivity index is 1.29. The van der Waals surface area contributed by atoms with Crippen LogP contribution in [0.3, 0.4) is 0 Å². The van der Waals surface area contributed by atoms with Gasteiger partial charge in [-0.1, -0.05) is 0 Å². The lowest BCUT2D eigenvalue weighted by Gasteiger charge is -2.16. The van der Waals surface area contributed by atoms with Crippen molar-refractivity contribution < 1.29 is 32.6 Å². The minimum absolute atomic E-state index is 0.240. The zero-order valence-corrected chi connectivity index (χ0v) is 20.5. The molecule has 38 heavy (non-hydrogen) atoms. The Hall–Kier alpha value is -4.73. The molecule has 0 saturated heterocycles. The first-order valence-electron chi connectivity index (χ1n) is 11.7. The number of pyridine rings is 1. The normalized spacial score (nSPS) is 17.9. The van der Waals surface area contributed by atoms with Crippen LogP contribution in [0.2, 0.25) is 0 Å². The molecule has 1 aliphatic carbocycles. The SMILES string of the molecule is COc1cc2nccc(Oc3ccc(NC(=O)[C@]4(C(=O)Nc5ccc(F)cc5)C[C@H]4F)cc3)c2cc1OC. The molecule has 194 valence electrons. The van der Waals surface area contributed by atoms with E-state index in [4.69, 9.17) is 14.2 Å². The van der Waals surface area contributed by atoms with Crippen LogP contribution in [0, 0.1) is 11.2 Å².